The molecule has 176 valence electrons. The number of rotatable bonds is 9. The summed E-state index contributed by atoms with van der Waals surface area (Å²) in [6.45, 7) is 1.05. The number of hydrogen-bond donors (Lipinski definition) is 3. The van der Waals surface area contributed by atoms with Crippen LogP contribution in [0.4, 0.5) is 21.7 Å². The summed E-state index contributed by atoms with van der Waals surface area (Å²) in [6, 6.07) is 12.4. The van der Waals surface area contributed by atoms with Crippen molar-refractivity contribution in [1.82, 2.24) is 25.1 Å². The van der Waals surface area contributed by atoms with Crippen LogP contribution >= 0.6 is 11.6 Å². The maximum atomic E-state index is 14.3. The smallest absolute Gasteiger partial charge is 0.318 e. The van der Waals surface area contributed by atoms with Gasteiger partial charge in [0.15, 0.2) is 17.5 Å². The van der Waals surface area contributed by atoms with Crippen LogP contribution in [0, 0.1) is 5.82 Å². The second kappa shape index (κ2) is 10.4. The van der Waals surface area contributed by atoms with E-state index < -0.39 is 5.82 Å². The minimum Gasteiger partial charge on any atom is -0.462 e. The molecule has 11 heteroatoms. The van der Waals surface area contributed by atoms with E-state index in [-0.39, 0.29) is 24.2 Å². The van der Waals surface area contributed by atoms with Crippen molar-refractivity contribution in [3.8, 4) is 6.01 Å². The van der Waals surface area contributed by atoms with Gasteiger partial charge in [-0.3, -0.25) is 9.89 Å². The highest BCUT2D eigenvalue weighted by atomic mass is 35.5. The predicted molar refractivity (Wildman–Crippen MR) is 129 cm³/mol. The monoisotopic (exact) mass is 483 g/mol. The second-order valence-corrected chi connectivity index (χ2v) is 8.25. The van der Waals surface area contributed by atoms with Gasteiger partial charge in [-0.15, -0.1) is 0 Å². The zero-order chi connectivity index (χ0) is 24.1. The van der Waals surface area contributed by atoms with Crippen LogP contribution in [0.1, 0.15) is 5.56 Å². The van der Waals surface area contributed by atoms with Crippen LogP contribution < -0.4 is 15.4 Å². The van der Waals surface area contributed by atoms with E-state index in [0.717, 1.165) is 11.8 Å². The molecule has 2 heterocycles. The predicted octanol–water partition coefficient (Wildman–Crippen LogP) is 4.01. The minimum atomic E-state index is -0.622. The molecule has 0 atom stereocenters. The number of ether oxygens (including phenoxy) is 1. The van der Waals surface area contributed by atoms with Gasteiger partial charge in [0.1, 0.15) is 6.61 Å². The maximum absolute atomic E-state index is 14.3. The molecule has 3 N–H and O–H groups in total. The Hall–Kier alpha value is -3.76. The fraction of sp³-hybridized carbons (Fsp3) is 0.217. The fourth-order valence-electron chi connectivity index (χ4n) is 3.12. The van der Waals surface area contributed by atoms with Crippen LogP contribution in [0.15, 0.2) is 48.7 Å². The summed E-state index contributed by atoms with van der Waals surface area (Å²) < 4.78 is 19.8. The second-order valence-electron chi connectivity index (χ2n) is 7.81. The molecular formula is C23H23ClFN7O2. The van der Waals surface area contributed by atoms with Crippen molar-refractivity contribution in [2.75, 3.05) is 37.9 Å². The number of fused-ring (bicyclic) bond motifs is 1. The van der Waals surface area contributed by atoms with Gasteiger partial charge in [0.05, 0.1) is 18.1 Å². The largest absolute Gasteiger partial charge is 0.462 e. The van der Waals surface area contributed by atoms with Crippen LogP contribution in [-0.4, -0.2) is 58.2 Å². The number of likely N-dealkylation sites (N-methyl/N-ethyl adjacent to an activating group) is 1. The highest BCUT2D eigenvalue weighted by Crippen LogP contribution is 2.27. The molecule has 4 rings (SSSR count). The Bertz CT molecular complexity index is 1290. The first-order valence-electron chi connectivity index (χ1n) is 10.5. The Morgan fingerprint density at radius 1 is 1.18 bits per heavy atom. The first-order valence-corrected chi connectivity index (χ1v) is 10.8. The number of carbonyl (C=O) groups is 1. The molecule has 0 unspecified atom stereocenters. The Labute approximate surface area is 200 Å². The molecule has 0 fully saturated rings. The third-order valence-electron chi connectivity index (χ3n) is 4.85. The molecule has 0 spiro atoms. The Kier molecular flexibility index (Phi) is 7.19. The lowest BCUT2D eigenvalue weighted by molar-refractivity contribution is -0.115. The third kappa shape index (κ3) is 5.97. The zero-order valence-corrected chi connectivity index (χ0v) is 19.4. The average Bonchev–Trinajstić information content (AvgIpc) is 3.19. The number of halogens is 2. The maximum Gasteiger partial charge on any atom is 0.318 e. The molecule has 2 aromatic carbocycles. The minimum absolute atomic E-state index is 0.0222. The lowest BCUT2D eigenvalue weighted by Gasteiger charge is -2.11. The van der Waals surface area contributed by atoms with Crippen molar-refractivity contribution < 1.29 is 13.9 Å². The first-order chi connectivity index (χ1) is 16.4. The van der Waals surface area contributed by atoms with E-state index in [9.17, 15) is 9.18 Å². The molecule has 0 aliphatic carbocycles. The van der Waals surface area contributed by atoms with Gasteiger partial charge in [0, 0.05) is 22.6 Å². The van der Waals surface area contributed by atoms with Crippen LogP contribution in [0.2, 0.25) is 5.02 Å². The Morgan fingerprint density at radius 3 is 2.74 bits per heavy atom. The quantitative estimate of drug-likeness (QED) is 0.330. The van der Waals surface area contributed by atoms with E-state index in [1.54, 1.807) is 42.5 Å². The first kappa shape index (κ1) is 23.4. The molecule has 0 aliphatic heterocycles. The van der Waals surface area contributed by atoms with Gasteiger partial charge in [-0.25, -0.2) is 9.37 Å². The summed E-state index contributed by atoms with van der Waals surface area (Å²) in [4.78, 5) is 22.4. The van der Waals surface area contributed by atoms with Crippen molar-refractivity contribution in [2.45, 2.75) is 6.42 Å². The van der Waals surface area contributed by atoms with Gasteiger partial charge in [0.25, 0.3) is 0 Å². The normalized spacial score (nSPS) is 11.1. The van der Waals surface area contributed by atoms with E-state index >= 15 is 0 Å². The Balaban J connectivity index is 1.48. The molecule has 0 bridgehead atoms. The molecule has 34 heavy (non-hydrogen) atoms. The summed E-state index contributed by atoms with van der Waals surface area (Å²) >= 11 is 5.89. The molecule has 0 radical (unpaired) electrons. The zero-order valence-electron chi connectivity index (χ0n) is 18.6. The molecule has 9 nitrogen and oxygen atoms in total. The fourth-order valence-corrected chi connectivity index (χ4v) is 3.24. The highest BCUT2D eigenvalue weighted by molar-refractivity contribution is 6.30. The number of H-pyrrole nitrogens is 1. The summed E-state index contributed by atoms with van der Waals surface area (Å²) in [5, 5.41) is 14.1. The van der Waals surface area contributed by atoms with Crippen molar-refractivity contribution in [1.29, 1.82) is 0 Å². The van der Waals surface area contributed by atoms with Crippen molar-refractivity contribution in [2.24, 2.45) is 0 Å². The molecular weight excluding hydrogens is 461 g/mol. The van der Waals surface area contributed by atoms with E-state index in [2.05, 4.69) is 30.8 Å². The standard InChI is InChI=1S/C23H23ClFN7O2/c1-32(2)9-10-34-23-26-13-18(25)22(29-23)27-16-7-8-19-17(12-16)21(31-30-19)28-20(33)11-14-3-5-15(24)6-4-14/h3-8,12-13H,9-11H2,1-2H3,(H,26,27,29)(H2,28,30,31,33). The number of carbonyl (C=O) groups excluding carboxylic acids is 1. The van der Waals surface area contributed by atoms with Crippen LogP contribution in [0.5, 0.6) is 6.01 Å². The molecule has 0 aliphatic rings. The summed E-state index contributed by atoms with van der Waals surface area (Å²) in [6.07, 6.45) is 1.23. The van der Waals surface area contributed by atoms with Crippen molar-refractivity contribution in [3.05, 3.63) is 65.1 Å². The van der Waals surface area contributed by atoms with Gasteiger partial charge in [-0.1, -0.05) is 23.7 Å². The number of nitrogens with one attached hydrogen (secondary N) is 3. The number of amides is 1. The molecule has 4 aromatic rings. The van der Waals surface area contributed by atoms with E-state index in [1.165, 1.54) is 0 Å². The van der Waals surface area contributed by atoms with Gasteiger partial charge in [-0.05, 0) is 50.0 Å². The van der Waals surface area contributed by atoms with Gasteiger partial charge in [-0.2, -0.15) is 10.1 Å². The summed E-state index contributed by atoms with van der Waals surface area (Å²) in [5.74, 6) is -0.501. The molecule has 0 saturated carbocycles. The topological polar surface area (TPSA) is 108 Å². The summed E-state index contributed by atoms with van der Waals surface area (Å²) in [5.41, 5.74) is 2.09. The van der Waals surface area contributed by atoms with E-state index in [0.29, 0.717) is 40.6 Å². The summed E-state index contributed by atoms with van der Waals surface area (Å²) in [7, 11) is 3.84. The number of aromatic nitrogens is 4. The lowest BCUT2D eigenvalue weighted by Crippen LogP contribution is -2.20. The number of anilines is 3. The van der Waals surface area contributed by atoms with Crippen LogP contribution in [-0.2, 0) is 11.2 Å². The van der Waals surface area contributed by atoms with Crippen LogP contribution in [0.3, 0.4) is 0 Å². The number of nitrogens with zero attached hydrogens (tertiary/aromatic N) is 4. The number of benzene rings is 2. The number of hydrogen-bond acceptors (Lipinski definition) is 7. The lowest BCUT2D eigenvalue weighted by atomic mass is 10.1. The SMILES string of the molecule is CN(C)CCOc1ncc(F)c(Nc2ccc3[nH]nc(NC(=O)Cc4ccc(Cl)cc4)c3c2)n1. The average molecular weight is 484 g/mol. The third-order valence-corrected chi connectivity index (χ3v) is 5.10. The molecule has 1 amide bonds. The van der Waals surface area contributed by atoms with E-state index in [1.807, 2.05) is 19.0 Å². The van der Waals surface area contributed by atoms with Gasteiger partial charge >= 0.3 is 6.01 Å². The van der Waals surface area contributed by atoms with Crippen LogP contribution in [0.25, 0.3) is 10.9 Å². The van der Waals surface area contributed by atoms with Crippen molar-refractivity contribution in [3.63, 3.8) is 0 Å². The molecule has 2 aromatic heterocycles. The highest BCUT2D eigenvalue weighted by Gasteiger charge is 2.13. The number of aromatic amines is 1. The van der Waals surface area contributed by atoms with Crippen molar-refractivity contribution >= 4 is 45.7 Å². The molecule has 0 saturated heterocycles. The van der Waals surface area contributed by atoms with Gasteiger partial charge in [0.2, 0.25) is 5.91 Å². The van der Waals surface area contributed by atoms with E-state index in [4.69, 9.17) is 16.3 Å². The van der Waals surface area contributed by atoms with Gasteiger partial charge < -0.3 is 20.3 Å². The Morgan fingerprint density at radius 2 is 1.97 bits per heavy atom.